The number of amides is 2. The molecule has 0 saturated heterocycles. The first-order chi connectivity index (χ1) is 18.5. The number of hydrogen-bond acceptors (Lipinski definition) is 3. The minimum Gasteiger partial charge on any atom is -0.383 e. The smallest absolute Gasteiger partial charge is 0.242 e. The largest absolute Gasteiger partial charge is 0.383 e. The quantitative estimate of drug-likeness (QED) is 0.273. The highest BCUT2D eigenvalue weighted by molar-refractivity contribution is 9.10. The fourth-order valence-corrected chi connectivity index (χ4v) is 6.32. The molecule has 0 radical (unpaired) electrons. The number of aromatic nitrogens is 1. The SMILES string of the molecule is COCCN(CC(=O)N(Cc1cccn1Cc1ccc(Br)cc1)C1CCCCC1)C(=O)CCC1CCCC1. The number of carbonyl (C=O) groups excluding carboxylic acids is 2. The molecule has 208 valence electrons. The Hall–Kier alpha value is -2.12. The van der Waals surface area contributed by atoms with Crippen molar-refractivity contribution in [1.82, 2.24) is 14.4 Å². The first kappa shape index (κ1) is 28.9. The Morgan fingerprint density at radius 2 is 1.68 bits per heavy atom. The zero-order chi connectivity index (χ0) is 26.7. The molecule has 0 unspecified atom stereocenters. The third kappa shape index (κ3) is 8.44. The molecule has 4 rings (SSSR count). The number of hydrogen-bond donors (Lipinski definition) is 0. The van der Waals surface area contributed by atoms with E-state index in [2.05, 4.69) is 68.0 Å². The van der Waals surface area contributed by atoms with Gasteiger partial charge in [-0.25, -0.2) is 0 Å². The van der Waals surface area contributed by atoms with Gasteiger partial charge in [-0.3, -0.25) is 9.59 Å². The minimum absolute atomic E-state index is 0.0543. The van der Waals surface area contributed by atoms with Gasteiger partial charge in [0.05, 0.1) is 19.7 Å². The van der Waals surface area contributed by atoms with Crippen molar-refractivity contribution in [2.75, 3.05) is 26.8 Å². The molecule has 2 saturated carbocycles. The second kappa shape index (κ2) is 14.9. The van der Waals surface area contributed by atoms with Crippen LogP contribution in [0.3, 0.4) is 0 Å². The number of nitrogens with zero attached hydrogens (tertiary/aromatic N) is 3. The summed E-state index contributed by atoms with van der Waals surface area (Å²) in [4.78, 5) is 30.9. The number of carbonyl (C=O) groups is 2. The van der Waals surface area contributed by atoms with Gasteiger partial charge >= 0.3 is 0 Å². The van der Waals surface area contributed by atoms with E-state index < -0.39 is 0 Å². The average Bonchev–Trinajstić information content (AvgIpc) is 3.62. The maximum Gasteiger partial charge on any atom is 0.242 e. The molecule has 0 aliphatic heterocycles. The van der Waals surface area contributed by atoms with Crippen molar-refractivity contribution in [3.63, 3.8) is 0 Å². The molecule has 2 fully saturated rings. The summed E-state index contributed by atoms with van der Waals surface area (Å²) >= 11 is 3.52. The van der Waals surface area contributed by atoms with Gasteiger partial charge in [0.2, 0.25) is 11.8 Å². The zero-order valence-corrected chi connectivity index (χ0v) is 24.5. The van der Waals surface area contributed by atoms with Crippen LogP contribution in [0.15, 0.2) is 47.1 Å². The molecule has 2 aromatic rings. The van der Waals surface area contributed by atoms with E-state index in [-0.39, 0.29) is 24.4 Å². The van der Waals surface area contributed by atoms with Crippen LogP contribution in [0.4, 0.5) is 0 Å². The lowest BCUT2D eigenvalue weighted by Gasteiger charge is -2.36. The van der Waals surface area contributed by atoms with Gasteiger partial charge in [0.15, 0.2) is 0 Å². The van der Waals surface area contributed by atoms with Crippen LogP contribution in [-0.4, -0.2) is 59.0 Å². The summed E-state index contributed by atoms with van der Waals surface area (Å²) in [5.41, 5.74) is 2.35. The first-order valence-corrected chi connectivity index (χ1v) is 15.3. The van der Waals surface area contributed by atoms with E-state index in [9.17, 15) is 9.59 Å². The van der Waals surface area contributed by atoms with Crippen molar-refractivity contribution >= 4 is 27.7 Å². The van der Waals surface area contributed by atoms with Gasteiger partial charge in [-0.15, -0.1) is 0 Å². The van der Waals surface area contributed by atoms with E-state index in [1.54, 1.807) is 12.0 Å². The van der Waals surface area contributed by atoms with Gasteiger partial charge in [-0.2, -0.15) is 0 Å². The Balaban J connectivity index is 1.45. The third-order valence-electron chi connectivity index (χ3n) is 8.34. The third-order valence-corrected chi connectivity index (χ3v) is 8.87. The Bertz CT molecular complexity index is 1010. The molecule has 2 aliphatic rings. The maximum atomic E-state index is 13.9. The number of methoxy groups -OCH3 is 1. The molecule has 7 heteroatoms. The Morgan fingerprint density at radius 1 is 0.974 bits per heavy atom. The van der Waals surface area contributed by atoms with Crippen molar-refractivity contribution in [2.45, 2.75) is 89.8 Å². The van der Waals surface area contributed by atoms with Gasteiger partial charge in [0.25, 0.3) is 0 Å². The lowest BCUT2D eigenvalue weighted by molar-refractivity contribution is -0.143. The Labute approximate surface area is 236 Å². The molecule has 1 aromatic heterocycles. The summed E-state index contributed by atoms with van der Waals surface area (Å²) in [5, 5.41) is 0. The molecule has 0 N–H and O–H groups in total. The van der Waals surface area contributed by atoms with Gasteiger partial charge in [0, 0.05) is 49.0 Å². The standard InChI is InChI=1S/C31H44BrN3O3/c1-38-21-20-34(30(36)18-15-25-8-5-6-9-25)24-31(37)35(28-10-3-2-4-11-28)23-29-12-7-19-33(29)22-26-13-16-27(32)17-14-26/h7,12-14,16-17,19,25,28H,2-6,8-11,15,18,20-24H2,1H3. The van der Waals surface area contributed by atoms with E-state index in [4.69, 9.17) is 4.74 Å². The molecular weight excluding hydrogens is 542 g/mol. The van der Waals surface area contributed by atoms with Crippen molar-refractivity contribution in [3.05, 3.63) is 58.3 Å². The van der Waals surface area contributed by atoms with Crippen LogP contribution in [0.5, 0.6) is 0 Å². The number of ether oxygens (including phenoxy) is 1. The molecule has 2 amide bonds. The van der Waals surface area contributed by atoms with Crippen LogP contribution in [0.1, 0.15) is 81.9 Å². The molecule has 1 aromatic carbocycles. The fraction of sp³-hybridized carbons (Fsp3) is 0.613. The van der Waals surface area contributed by atoms with E-state index in [1.165, 1.54) is 37.7 Å². The Morgan fingerprint density at radius 3 is 2.39 bits per heavy atom. The summed E-state index contributed by atoms with van der Waals surface area (Å²) in [7, 11) is 1.65. The lowest BCUT2D eigenvalue weighted by Crippen LogP contribution is -2.48. The molecule has 38 heavy (non-hydrogen) atoms. The summed E-state index contributed by atoms with van der Waals surface area (Å²) in [6.45, 7) is 2.38. The molecule has 0 spiro atoms. The number of rotatable bonds is 13. The summed E-state index contributed by atoms with van der Waals surface area (Å²) in [5.74, 6) is 0.805. The molecule has 1 heterocycles. The predicted molar refractivity (Wildman–Crippen MR) is 155 cm³/mol. The molecule has 2 aliphatic carbocycles. The zero-order valence-electron chi connectivity index (χ0n) is 23.0. The second-order valence-corrected chi connectivity index (χ2v) is 12.0. The minimum atomic E-state index is 0.0543. The van der Waals surface area contributed by atoms with Crippen LogP contribution in [0.2, 0.25) is 0 Å². The summed E-state index contributed by atoms with van der Waals surface area (Å²) in [6, 6.07) is 12.8. The lowest BCUT2D eigenvalue weighted by atomic mass is 9.94. The highest BCUT2D eigenvalue weighted by Gasteiger charge is 2.29. The first-order valence-electron chi connectivity index (χ1n) is 14.5. The fourth-order valence-electron chi connectivity index (χ4n) is 6.05. The van der Waals surface area contributed by atoms with Gasteiger partial charge in [0.1, 0.15) is 0 Å². The van der Waals surface area contributed by atoms with E-state index >= 15 is 0 Å². The summed E-state index contributed by atoms with van der Waals surface area (Å²) < 4.78 is 8.60. The van der Waals surface area contributed by atoms with Crippen LogP contribution in [0, 0.1) is 5.92 Å². The van der Waals surface area contributed by atoms with Crippen LogP contribution >= 0.6 is 15.9 Å². The monoisotopic (exact) mass is 585 g/mol. The van der Waals surface area contributed by atoms with Crippen LogP contribution < -0.4 is 0 Å². The van der Waals surface area contributed by atoms with Crippen molar-refractivity contribution in [3.8, 4) is 0 Å². The molecular formula is C31H44BrN3O3. The molecule has 0 bridgehead atoms. The predicted octanol–water partition coefficient (Wildman–Crippen LogP) is 6.41. The normalized spacial score (nSPS) is 16.6. The van der Waals surface area contributed by atoms with Crippen LogP contribution in [-0.2, 0) is 27.4 Å². The van der Waals surface area contributed by atoms with Gasteiger partial charge in [-0.1, -0.05) is 73.0 Å². The van der Waals surface area contributed by atoms with Gasteiger partial charge in [-0.05, 0) is 55.0 Å². The molecule has 0 atom stereocenters. The molecule has 6 nitrogen and oxygen atoms in total. The van der Waals surface area contributed by atoms with Crippen molar-refractivity contribution in [2.24, 2.45) is 5.92 Å². The topological polar surface area (TPSA) is 54.8 Å². The van der Waals surface area contributed by atoms with E-state index in [0.29, 0.717) is 32.0 Å². The highest BCUT2D eigenvalue weighted by atomic mass is 79.9. The maximum absolute atomic E-state index is 13.9. The number of halogens is 1. The van der Waals surface area contributed by atoms with Crippen molar-refractivity contribution < 1.29 is 14.3 Å². The highest BCUT2D eigenvalue weighted by Crippen LogP contribution is 2.29. The Kier molecular flexibility index (Phi) is 11.3. The van der Waals surface area contributed by atoms with E-state index in [0.717, 1.165) is 48.8 Å². The number of benzene rings is 1. The van der Waals surface area contributed by atoms with Crippen LogP contribution in [0.25, 0.3) is 0 Å². The van der Waals surface area contributed by atoms with Gasteiger partial charge < -0.3 is 19.1 Å². The second-order valence-electron chi connectivity index (χ2n) is 11.1. The van der Waals surface area contributed by atoms with Crippen molar-refractivity contribution in [1.29, 1.82) is 0 Å². The average molecular weight is 587 g/mol. The summed E-state index contributed by atoms with van der Waals surface area (Å²) in [6.07, 6.45) is 14.2. The van der Waals surface area contributed by atoms with E-state index in [1.807, 2.05) is 0 Å².